The van der Waals surface area contributed by atoms with Crippen LogP contribution in [0.4, 0.5) is 0 Å². The molecule has 0 spiro atoms. The van der Waals surface area contributed by atoms with E-state index in [1.54, 1.807) is 7.11 Å². The van der Waals surface area contributed by atoms with Gasteiger partial charge in [0.1, 0.15) is 6.73 Å². The lowest BCUT2D eigenvalue weighted by Crippen LogP contribution is -2.44. The highest BCUT2D eigenvalue weighted by Gasteiger charge is 2.44. The van der Waals surface area contributed by atoms with Crippen LogP contribution in [0.1, 0.15) is 56.3 Å². The SMILES string of the molecule is COCn1c2c(c3ccccc31)C(=O)CC(C)C2O[Si](C)(C)C(C)(C)C. The van der Waals surface area contributed by atoms with E-state index in [1.165, 1.54) is 0 Å². The predicted molar refractivity (Wildman–Crippen MR) is 108 cm³/mol. The first kappa shape index (κ1) is 19.3. The summed E-state index contributed by atoms with van der Waals surface area (Å²) >= 11 is 0. The van der Waals surface area contributed by atoms with Crippen LogP contribution in [0.25, 0.3) is 10.9 Å². The highest BCUT2D eigenvalue weighted by atomic mass is 28.4. The van der Waals surface area contributed by atoms with Gasteiger partial charge < -0.3 is 13.7 Å². The molecule has 2 atom stereocenters. The first-order valence-electron chi connectivity index (χ1n) is 9.39. The van der Waals surface area contributed by atoms with Crippen LogP contribution in [0.3, 0.4) is 0 Å². The van der Waals surface area contributed by atoms with Gasteiger partial charge in [-0.3, -0.25) is 4.79 Å². The van der Waals surface area contributed by atoms with Crippen molar-refractivity contribution in [3.05, 3.63) is 35.5 Å². The van der Waals surface area contributed by atoms with Crippen LogP contribution in [0.2, 0.25) is 18.1 Å². The van der Waals surface area contributed by atoms with Gasteiger partial charge in [0, 0.05) is 24.5 Å². The number of Topliss-reactive ketones (excluding diaryl/α,β-unsaturated/α-hetero) is 1. The molecule has 4 nitrogen and oxygen atoms in total. The van der Waals surface area contributed by atoms with E-state index in [0.29, 0.717) is 13.2 Å². The summed E-state index contributed by atoms with van der Waals surface area (Å²) in [7, 11) is -0.291. The number of rotatable bonds is 4. The van der Waals surface area contributed by atoms with E-state index in [4.69, 9.17) is 9.16 Å². The third-order valence-corrected chi connectivity index (χ3v) is 10.5. The number of fused-ring (bicyclic) bond motifs is 3. The van der Waals surface area contributed by atoms with Crippen molar-refractivity contribution in [2.45, 2.75) is 65.1 Å². The van der Waals surface area contributed by atoms with E-state index in [0.717, 1.165) is 22.2 Å². The van der Waals surface area contributed by atoms with Crippen LogP contribution in [0.5, 0.6) is 0 Å². The van der Waals surface area contributed by atoms with Gasteiger partial charge >= 0.3 is 0 Å². The lowest BCUT2D eigenvalue weighted by atomic mass is 9.84. The maximum atomic E-state index is 12.9. The molecule has 0 aliphatic heterocycles. The summed E-state index contributed by atoms with van der Waals surface area (Å²) in [5, 5.41) is 1.13. The van der Waals surface area contributed by atoms with Gasteiger partial charge in [-0.1, -0.05) is 45.9 Å². The number of nitrogens with zero attached hydrogens (tertiary/aromatic N) is 1. The van der Waals surface area contributed by atoms with E-state index in [-0.39, 0.29) is 22.8 Å². The van der Waals surface area contributed by atoms with E-state index < -0.39 is 8.32 Å². The Balaban J connectivity index is 2.21. The van der Waals surface area contributed by atoms with Gasteiger partial charge in [-0.25, -0.2) is 0 Å². The molecule has 1 aromatic heterocycles. The van der Waals surface area contributed by atoms with E-state index in [2.05, 4.69) is 51.4 Å². The molecule has 0 saturated heterocycles. The molecule has 1 heterocycles. The summed E-state index contributed by atoms with van der Waals surface area (Å²) in [6, 6.07) is 8.11. The number of ketones is 1. The Labute approximate surface area is 157 Å². The molecule has 0 fully saturated rings. The number of methoxy groups -OCH3 is 1. The van der Waals surface area contributed by atoms with Crippen molar-refractivity contribution < 1.29 is 14.0 Å². The Morgan fingerprint density at radius 2 is 1.88 bits per heavy atom. The van der Waals surface area contributed by atoms with Crippen LogP contribution in [0.15, 0.2) is 24.3 Å². The fourth-order valence-corrected chi connectivity index (χ4v) is 4.95. The van der Waals surface area contributed by atoms with Crippen LogP contribution < -0.4 is 0 Å². The lowest BCUT2D eigenvalue weighted by Gasteiger charge is -2.42. The van der Waals surface area contributed by atoms with Crippen LogP contribution in [-0.2, 0) is 15.9 Å². The molecule has 1 aromatic carbocycles. The molecule has 142 valence electrons. The van der Waals surface area contributed by atoms with Crippen LogP contribution >= 0.6 is 0 Å². The maximum Gasteiger partial charge on any atom is 0.192 e. The summed E-state index contributed by atoms with van der Waals surface area (Å²) < 4.78 is 14.5. The van der Waals surface area contributed by atoms with Crippen molar-refractivity contribution in [3.8, 4) is 0 Å². The number of carbonyl (C=O) groups excluding carboxylic acids is 1. The second-order valence-electron chi connectivity index (χ2n) is 9.03. The third-order valence-electron chi connectivity index (χ3n) is 6.07. The average molecular weight is 374 g/mol. The third kappa shape index (κ3) is 3.06. The zero-order chi connectivity index (χ0) is 19.3. The molecule has 26 heavy (non-hydrogen) atoms. The van der Waals surface area contributed by atoms with Crippen molar-refractivity contribution in [1.29, 1.82) is 0 Å². The fourth-order valence-electron chi connectivity index (χ4n) is 3.62. The Kier molecular flexibility index (Phi) is 4.92. The molecule has 1 aliphatic carbocycles. The summed E-state index contributed by atoms with van der Waals surface area (Å²) in [6.45, 7) is 13.9. The van der Waals surface area contributed by atoms with Gasteiger partial charge in [0.05, 0.1) is 17.3 Å². The van der Waals surface area contributed by atoms with Gasteiger partial charge in [0.15, 0.2) is 14.1 Å². The van der Waals surface area contributed by atoms with Gasteiger partial charge in [-0.15, -0.1) is 0 Å². The molecular weight excluding hydrogens is 342 g/mol. The first-order valence-corrected chi connectivity index (χ1v) is 12.3. The molecule has 2 aromatic rings. The molecule has 2 unspecified atom stereocenters. The normalized spacial score (nSPS) is 21.3. The minimum absolute atomic E-state index is 0.0776. The van der Waals surface area contributed by atoms with Gasteiger partial charge in [-0.05, 0) is 30.1 Å². The number of carbonyl (C=O) groups is 1. The van der Waals surface area contributed by atoms with E-state index >= 15 is 0 Å². The molecule has 0 N–H and O–H groups in total. The van der Waals surface area contributed by atoms with Crippen molar-refractivity contribution in [1.82, 2.24) is 4.57 Å². The summed E-state index contributed by atoms with van der Waals surface area (Å²) in [5.74, 6) is 0.373. The monoisotopic (exact) mass is 373 g/mol. The van der Waals surface area contributed by atoms with Gasteiger partial charge in [0.25, 0.3) is 0 Å². The van der Waals surface area contributed by atoms with Crippen LogP contribution in [-0.4, -0.2) is 25.8 Å². The molecule has 0 bridgehead atoms. The molecular formula is C21H31NO3Si. The Hall–Kier alpha value is -1.43. The molecule has 0 amide bonds. The quantitative estimate of drug-likeness (QED) is 0.662. The number of benzene rings is 1. The number of ether oxygens (including phenoxy) is 1. The summed E-state index contributed by atoms with van der Waals surface area (Å²) in [5.41, 5.74) is 2.88. The number of hydrogen-bond acceptors (Lipinski definition) is 3. The van der Waals surface area contributed by atoms with Crippen molar-refractivity contribution in [3.63, 3.8) is 0 Å². The predicted octanol–water partition coefficient (Wildman–Crippen LogP) is 5.53. The zero-order valence-electron chi connectivity index (χ0n) is 17.1. The molecule has 3 rings (SSSR count). The summed E-state index contributed by atoms with van der Waals surface area (Å²) in [6.07, 6.45) is 0.457. The largest absolute Gasteiger partial charge is 0.408 e. The average Bonchev–Trinajstić information content (AvgIpc) is 2.86. The summed E-state index contributed by atoms with van der Waals surface area (Å²) in [4.78, 5) is 12.9. The second-order valence-corrected chi connectivity index (χ2v) is 13.8. The minimum atomic E-state index is -1.98. The Bertz CT molecular complexity index is 832. The smallest absolute Gasteiger partial charge is 0.192 e. The highest BCUT2D eigenvalue weighted by Crippen LogP contribution is 2.47. The van der Waals surface area contributed by atoms with E-state index in [9.17, 15) is 4.79 Å². The number of aromatic nitrogens is 1. The second kappa shape index (κ2) is 6.62. The van der Waals surface area contributed by atoms with Crippen molar-refractivity contribution in [2.75, 3.05) is 7.11 Å². The van der Waals surface area contributed by atoms with Gasteiger partial charge in [-0.2, -0.15) is 0 Å². The molecule has 0 radical (unpaired) electrons. The number of para-hydroxylation sites is 1. The Morgan fingerprint density at radius 1 is 1.23 bits per heavy atom. The number of hydrogen-bond donors (Lipinski definition) is 0. The molecule has 1 aliphatic rings. The highest BCUT2D eigenvalue weighted by molar-refractivity contribution is 6.74. The Morgan fingerprint density at radius 3 is 2.50 bits per heavy atom. The zero-order valence-corrected chi connectivity index (χ0v) is 18.1. The van der Waals surface area contributed by atoms with Crippen molar-refractivity contribution >= 4 is 25.0 Å². The van der Waals surface area contributed by atoms with Crippen LogP contribution in [0, 0.1) is 5.92 Å². The van der Waals surface area contributed by atoms with Crippen molar-refractivity contribution in [2.24, 2.45) is 5.92 Å². The van der Waals surface area contributed by atoms with E-state index in [1.807, 2.05) is 18.2 Å². The molecule has 5 heteroatoms. The lowest BCUT2D eigenvalue weighted by molar-refractivity contribution is 0.0698. The standard InChI is InChI=1S/C21H31NO3Si/c1-14-12-17(23)18-15-10-8-9-11-16(15)22(13-24-5)19(18)20(14)25-26(6,7)21(2,3)4/h8-11,14,20H,12-13H2,1-7H3. The molecule has 0 saturated carbocycles. The first-order chi connectivity index (χ1) is 12.1. The topological polar surface area (TPSA) is 40.5 Å². The minimum Gasteiger partial charge on any atom is -0.408 e. The maximum absolute atomic E-state index is 12.9. The van der Waals surface area contributed by atoms with Gasteiger partial charge in [0.2, 0.25) is 0 Å². The fraction of sp³-hybridized carbons (Fsp3) is 0.571.